The van der Waals surface area contributed by atoms with E-state index in [-0.39, 0.29) is 6.04 Å². The number of carbonyl (C=O) groups is 2. The Balaban J connectivity index is 0. The van der Waals surface area contributed by atoms with Gasteiger partial charge in [-0.25, -0.2) is 4.79 Å². The summed E-state index contributed by atoms with van der Waals surface area (Å²) in [7, 11) is 0. The van der Waals surface area contributed by atoms with E-state index in [0.717, 1.165) is 24.8 Å². The molecule has 0 spiro atoms. The fraction of sp³-hybridized carbons (Fsp3) is 0.800. The first kappa shape index (κ1) is 27.2. The van der Waals surface area contributed by atoms with Gasteiger partial charge in [-0.1, -0.05) is 71.3 Å². The van der Waals surface area contributed by atoms with Crippen molar-refractivity contribution in [2.45, 2.75) is 83.6 Å². The molecule has 0 aromatic heterocycles. The Morgan fingerprint density at radius 2 is 1.46 bits per heavy atom. The standard InChI is InChI=1S/C17H35NO2S.C3H4O2/c1-3-4-5-6-7-8-9-10-11-12-14-18-16(17(19)20)13-15-21-2;1-2-3(4)5/h16,18H,3-15H2,1-2H3,(H,19,20);2H,1H2,(H,4,5)/t16-;/m0./s1. The minimum absolute atomic E-state index is 0.365. The molecule has 0 unspecified atom stereocenters. The molecule has 0 aliphatic rings. The van der Waals surface area contributed by atoms with Gasteiger partial charge in [0.25, 0.3) is 0 Å². The molecular formula is C20H39NO4S. The lowest BCUT2D eigenvalue weighted by atomic mass is 10.1. The van der Waals surface area contributed by atoms with Gasteiger partial charge in [-0.2, -0.15) is 11.8 Å². The van der Waals surface area contributed by atoms with Crippen molar-refractivity contribution in [3.63, 3.8) is 0 Å². The molecule has 0 aromatic carbocycles. The molecule has 5 nitrogen and oxygen atoms in total. The van der Waals surface area contributed by atoms with Crippen molar-refractivity contribution >= 4 is 23.7 Å². The van der Waals surface area contributed by atoms with Crippen LogP contribution in [-0.2, 0) is 9.59 Å². The average molecular weight is 390 g/mol. The van der Waals surface area contributed by atoms with Gasteiger partial charge >= 0.3 is 11.9 Å². The smallest absolute Gasteiger partial charge is 0.327 e. The second kappa shape index (κ2) is 22.0. The molecule has 0 saturated carbocycles. The molecule has 0 heterocycles. The number of thioether (sulfide) groups is 1. The Bertz CT molecular complexity index is 351. The monoisotopic (exact) mass is 389 g/mol. The SMILES string of the molecule is C=CC(=O)O.CCCCCCCCCCCCN[C@@H](CCSC)C(=O)O. The molecule has 6 heteroatoms. The lowest BCUT2D eigenvalue weighted by Crippen LogP contribution is -2.37. The van der Waals surface area contributed by atoms with Crippen LogP contribution < -0.4 is 5.32 Å². The molecule has 0 saturated heterocycles. The molecule has 0 bridgehead atoms. The van der Waals surface area contributed by atoms with E-state index in [4.69, 9.17) is 10.2 Å². The third-order valence-corrected chi connectivity index (χ3v) is 4.65. The normalized spacial score (nSPS) is 11.3. The number of hydrogen-bond donors (Lipinski definition) is 3. The summed E-state index contributed by atoms with van der Waals surface area (Å²) in [4.78, 5) is 20.3. The van der Waals surface area contributed by atoms with E-state index in [1.807, 2.05) is 6.26 Å². The van der Waals surface area contributed by atoms with Crippen LogP contribution in [0.4, 0.5) is 0 Å². The number of rotatable bonds is 17. The van der Waals surface area contributed by atoms with Crippen LogP contribution in [0.1, 0.15) is 77.6 Å². The summed E-state index contributed by atoms with van der Waals surface area (Å²) < 4.78 is 0. The second-order valence-electron chi connectivity index (χ2n) is 6.35. The highest BCUT2D eigenvalue weighted by molar-refractivity contribution is 7.98. The number of nitrogens with one attached hydrogen (secondary N) is 1. The quantitative estimate of drug-likeness (QED) is 0.241. The lowest BCUT2D eigenvalue weighted by Gasteiger charge is -2.13. The summed E-state index contributed by atoms with van der Waals surface area (Å²) in [5.74, 6) is -0.789. The number of carboxylic acid groups (broad SMARTS) is 2. The van der Waals surface area contributed by atoms with Crippen molar-refractivity contribution in [2.24, 2.45) is 0 Å². The van der Waals surface area contributed by atoms with Crippen molar-refractivity contribution in [2.75, 3.05) is 18.6 Å². The molecule has 0 aromatic rings. The number of aliphatic carboxylic acids is 2. The summed E-state index contributed by atoms with van der Waals surface area (Å²) >= 11 is 1.70. The first-order valence-electron chi connectivity index (χ1n) is 9.80. The minimum Gasteiger partial charge on any atom is -0.480 e. The van der Waals surface area contributed by atoms with Crippen molar-refractivity contribution in [1.29, 1.82) is 0 Å². The molecule has 0 aliphatic carbocycles. The summed E-state index contributed by atoms with van der Waals surface area (Å²) in [5, 5.41) is 19.9. The Kier molecular flexibility index (Phi) is 23.1. The summed E-state index contributed by atoms with van der Waals surface area (Å²) in [6.07, 6.45) is 16.7. The average Bonchev–Trinajstić information content (AvgIpc) is 2.62. The largest absolute Gasteiger partial charge is 0.480 e. The molecule has 3 N–H and O–H groups in total. The van der Waals surface area contributed by atoms with Gasteiger partial charge in [0.05, 0.1) is 0 Å². The Morgan fingerprint density at radius 3 is 1.85 bits per heavy atom. The number of hydrogen-bond acceptors (Lipinski definition) is 4. The summed E-state index contributed by atoms with van der Waals surface area (Å²) in [5.41, 5.74) is 0. The van der Waals surface area contributed by atoms with Gasteiger partial charge in [0.2, 0.25) is 0 Å². The van der Waals surface area contributed by atoms with E-state index >= 15 is 0 Å². The zero-order valence-electron chi connectivity index (χ0n) is 16.7. The Labute approximate surface area is 164 Å². The third-order valence-electron chi connectivity index (χ3n) is 4.00. The summed E-state index contributed by atoms with van der Waals surface area (Å²) in [6.45, 7) is 6.05. The molecule has 0 fully saturated rings. The highest BCUT2D eigenvalue weighted by Gasteiger charge is 2.15. The molecule has 0 radical (unpaired) electrons. The van der Waals surface area contributed by atoms with Gasteiger partial charge in [0.15, 0.2) is 0 Å². The molecule has 0 aliphatic heterocycles. The van der Waals surface area contributed by atoms with Crippen LogP contribution in [0.15, 0.2) is 12.7 Å². The second-order valence-corrected chi connectivity index (χ2v) is 7.34. The van der Waals surface area contributed by atoms with Gasteiger partial charge in [-0.3, -0.25) is 4.79 Å². The van der Waals surface area contributed by atoms with Crippen molar-refractivity contribution in [3.05, 3.63) is 12.7 Å². The maximum absolute atomic E-state index is 11.0. The van der Waals surface area contributed by atoms with Crippen molar-refractivity contribution < 1.29 is 19.8 Å². The zero-order chi connectivity index (χ0) is 20.0. The van der Waals surface area contributed by atoms with Crippen LogP contribution in [0.3, 0.4) is 0 Å². The number of carboxylic acids is 2. The minimum atomic E-state index is -0.981. The van der Waals surface area contributed by atoms with Crippen LogP contribution in [0.5, 0.6) is 0 Å². The molecule has 154 valence electrons. The Hall–Kier alpha value is -1.01. The third kappa shape index (κ3) is 23.0. The summed E-state index contributed by atoms with van der Waals surface area (Å²) in [6, 6.07) is -0.365. The number of unbranched alkanes of at least 4 members (excludes halogenated alkanes) is 9. The van der Waals surface area contributed by atoms with Gasteiger partial charge in [-0.15, -0.1) is 0 Å². The van der Waals surface area contributed by atoms with Crippen LogP contribution in [0.2, 0.25) is 0 Å². The lowest BCUT2D eigenvalue weighted by molar-refractivity contribution is -0.139. The van der Waals surface area contributed by atoms with E-state index in [1.54, 1.807) is 11.8 Å². The topological polar surface area (TPSA) is 86.6 Å². The maximum atomic E-state index is 11.0. The predicted octanol–water partition coefficient (Wildman–Crippen LogP) is 4.96. The molecule has 1 atom stereocenters. The van der Waals surface area contributed by atoms with Crippen molar-refractivity contribution in [3.8, 4) is 0 Å². The van der Waals surface area contributed by atoms with Crippen LogP contribution in [0, 0.1) is 0 Å². The first-order valence-corrected chi connectivity index (χ1v) is 11.2. The van der Waals surface area contributed by atoms with Crippen LogP contribution in [0.25, 0.3) is 0 Å². The molecule has 0 amide bonds. The van der Waals surface area contributed by atoms with E-state index < -0.39 is 11.9 Å². The maximum Gasteiger partial charge on any atom is 0.327 e. The Morgan fingerprint density at radius 1 is 1.00 bits per heavy atom. The van der Waals surface area contributed by atoms with E-state index in [2.05, 4.69) is 18.8 Å². The van der Waals surface area contributed by atoms with Crippen molar-refractivity contribution in [1.82, 2.24) is 5.32 Å². The highest BCUT2D eigenvalue weighted by atomic mass is 32.2. The molecule has 0 rings (SSSR count). The van der Waals surface area contributed by atoms with Gasteiger partial charge in [0.1, 0.15) is 6.04 Å². The fourth-order valence-electron chi connectivity index (χ4n) is 2.44. The van der Waals surface area contributed by atoms with E-state index in [9.17, 15) is 9.59 Å². The van der Waals surface area contributed by atoms with Gasteiger partial charge < -0.3 is 15.5 Å². The highest BCUT2D eigenvalue weighted by Crippen LogP contribution is 2.10. The predicted molar refractivity (Wildman–Crippen MR) is 112 cm³/mol. The molecule has 26 heavy (non-hydrogen) atoms. The molecular weight excluding hydrogens is 350 g/mol. The van der Waals surface area contributed by atoms with E-state index in [1.165, 1.54) is 57.8 Å². The van der Waals surface area contributed by atoms with Crippen LogP contribution in [-0.4, -0.2) is 46.7 Å². The fourth-order valence-corrected chi connectivity index (χ4v) is 2.91. The van der Waals surface area contributed by atoms with Gasteiger partial charge in [-0.05, 0) is 31.4 Å². The van der Waals surface area contributed by atoms with Crippen LogP contribution >= 0.6 is 11.8 Å². The van der Waals surface area contributed by atoms with Gasteiger partial charge in [0, 0.05) is 6.08 Å². The zero-order valence-corrected chi connectivity index (χ0v) is 17.5. The van der Waals surface area contributed by atoms with E-state index in [0.29, 0.717) is 6.42 Å². The first-order chi connectivity index (χ1) is 12.5.